The van der Waals surface area contributed by atoms with E-state index in [0.29, 0.717) is 36.3 Å². The Hall–Kier alpha value is -3.35. The van der Waals surface area contributed by atoms with Gasteiger partial charge in [-0.05, 0) is 31.4 Å². The van der Waals surface area contributed by atoms with Crippen molar-refractivity contribution >= 4 is 22.5 Å². The highest BCUT2D eigenvalue weighted by Crippen LogP contribution is 2.24. The number of furan rings is 1. The molecular weight excluding hydrogens is 380 g/mol. The van der Waals surface area contributed by atoms with Gasteiger partial charge in [0.1, 0.15) is 23.1 Å². The first kappa shape index (κ1) is 19.9. The molecule has 4 aromatic rings. The summed E-state index contributed by atoms with van der Waals surface area (Å²) in [5.41, 5.74) is 3.81. The lowest BCUT2D eigenvalue weighted by molar-refractivity contribution is -0.125. The summed E-state index contributed by atoms with van der Waals surface area (Å²) in [5.74, 6) is 1.28. The van der Waals surface area contributed by atoms with Gasteiger partial charge in [0.25, 0.3) is 5.56 Å². The van der Waals surface area contributed by atoms with E-state index in [1.54, 1.807) is 6.07 Å². The van der Waals surface area contributed by atoms with Crippen molar-refractivity contribution in [3.05, 3.63) is 69.5 Å². The molecule has 0 saturated heterocycles. The summed E-state index contributed by atoms with van der Waals surface area (Å²) in [6.45, 7) is 8.16. The van der Waals surface area contributed by atoms with Crippen LogP contribution in [0, 0.1) is 13.8 Å². The number of benzene rings is 1. The molecule has 1 N–H and O–H groups in total. The summed E-state index contributed by atoms with van der Waals surface area (Å²) in [6, 6.07) is 10.9. The Kier molecular flexibility index (Phi) is 5.20. The minimum Gasteiger partial charge on any atom is -0.460 e. The minimum absolute atomic E-state index is 0.215. The largest absolute Gasteiger partial charge is 0.460 e. The number of carbonyl (C=O) groups is 1. The second-order valence-electron chi connectivity index (χ2n) is 7.56. The molecule has 1 unspecified atom stereocenters. The number of aromatic nitrogens is 3. The standard InChI is InChI=1S/C23H26N4O3/c1-5-17(22(28)24-13-16-10-8-7-9-14(16)3)27-23(29)19-12-20-18(11-15(4)30-20)26(19)21(6-2)25-27/h7-12,17H,5-6,13H2,1-4H3,(H,24,28). The third kappa shape index (κ3) is 3.30. The van der Waals surface area contributed by atoms with E-state index >= 15 is 0 Å². The van der Waals surface area contributed by atoms with Crippen LogP contribution in [0.4, 0.5) is 0 Å². The number of hydrogen-bond donors (Lipinski definition) is 1. The van der Waals surface area contributed by atoms with E-state index < -0.39 is 6.04 Å². The van der Waals surface area contributed by atoms with Crippen molar-refractivity contribution in [2.24, 2.45) is 0 Å². The molecule has 0 spiro atoms. The summed E-state index contributed by atoms with van der Waals surface area (Å²) in [4.78, 5) is 26.2. The van der Waals surface area contributed by atoms with E-state index in [1.165, 1.54) is 4.68 Å². The third-order valence-electron chi connectivity index (χ3n) is 5.54. The van der Waals surface area contributed by atoms with Gasteiger partial charge in [-0.3, -0.25) is 14.0 Å². The van der Waals surface area contributed by atoms with Crippen LogP contribution in [0.3, 0.4) is 0 Å². The normalized spacial score (nSPS) is 12.5. The van der Waals surface area contributed by atoms with Crippen LogP contribution in [0.1, 0.15) is 49.0 Å². The quantitative estimate of drug-likeness (QED) is 0.529. The first-order chi connectivity index (χ1) is 14.4. The molecule has 3 aromatic heterocycles. The fraction of sp³-hybridized carbons (Fsp3) is 0.348. The lowest BCUT2D eigenvalue weighted by Crippen LogP contribution is -2.39. The van der Waals surface area contributed by atoms with Gasteiger partial charge in [0.2, 0.25) is 5.91 Å². The molecule has 30 heavy (non-hydrogen) atoms. The van der Waals surface area contributed by atoms with Gasteiger partial charge in [-0.25, -0.2) is 4.68 Å². The van der Waals surface area contributed by atoms with Crippen LogP contribution in [0.5, 0.6) is 0 Å². The maximum Gasteiger partial charge on any atom is 0.291 e. The molecule has 0 fully saturated rings. The third-order valence-corrected chi connectivity index (χ3v) is 5.54. The molecule has 7 nitrogen and oxygen atoms in total. The summed E-state index contributed by atoms with van der Waals surface area (Å²) in [6.07, 6.45) is 1.08. The lowest BCUT2D eigenvalue weighted by Gasteiger charge is -2.19. The number of nitrogens with zero attached hydrogens (tertiary/aromatic N) is 3. The van der Waals surface area contributed by atoms with Gasteiger partial charge in [-0.2, -0.15) is 5.10 Å². The van der Waals surface area contributed by atoms with Crippen LogP contribution in [-0.2, 0) is 17.8 Å². The first-order valence-electron chi connectivity index (χ1n) is 10.3. The molecule has 0 bridgehead atoms. The average molecular weight is 406 g/mol. The first-order valence-corrected chi connectivity index (χ1v) is 10.3. The number of rotatable bonds is 6. The van der Waals surface area contributed by atoms with Crippen LogP contribution in [-0.4, -0.2) is 20.1 Å². The Bertz CT molecular complexity index is 1300. The van der Waals surface area contributed by atoms with Gasteiger partial charge >= 0.3 is 0 Å². The summed E-state index contributed by atoms with van der Waals surface area (Å²) in [5, 5.41) is 7.55. The number of hydrogen-bond acceptors (Lipinski definition) is 4. The second-order valence-corrected chi connectivity index (χ2v) is 7.56. The highest BCUT2D eigenvalue weighted by atomic mass is 16.3. The van der Waals surface area contributed by atoms with Crippen LogP contribution in [0.25, 0.3) is 16.6 Å². The average Bonchev–Trinajstić information content (AvgIpc) is 3.26. The summed E-state index contributed by atoms with van der Waals surface area (Å²) >= 11 is 0. The zero-order valence-corrected chi connectivity index (χ0v) is 17.7. The van der Waals surface area contributed by atoms with Crippen LogP contribution >= 0.6 is 0 Å². The van der Waals surface area contributed by atoms with E-state index in [1.807, 2.05) is 62.4 Å². The predicted molar refractivity (Wildman–Crippen MR) is 116 cm³/mol. The SMILES string of the molecule is CCc1nn(C(CC)C(=O)NCc2ccccc2C)c(=O)c2cc3oc(C)cc3n12. The van der Waals surface area contributed by atoms with Crippen molar-refractivity contribution in [1.29, 1.82) is 0 Å². The highest BCUT2D eigenvalue weighted by molar-refractivity contribution is 5.84. The highest BCUT2D eigenvalue weighted by Gasteiger charge is 2.24. The zero-order valence-electron chi connectivity index (χ0n) is 17.7. The van der Waals surface area contributed by atoms with Gasteiger partial charge in [0.15, 0.2) is 5.58 Å². The summed E-state index contributed by atoms with van der Waals surface area (Å²) < 4.78 is 8.87. The monoisotopic (exact) mass is 406 g/mol. The molecular formula is C23H26N4O3. The van der Waals surface area contributed by atoms with Crippen molar-refractivity contribution in [2.75, 3.05) is 0 Å². The minimum atomic E-state index is -0.681. The molecule has 0 aliphatic heterocycles. The number of fused-ring (bicyclic) bond motifs is 3. The topological polar surface area (TPSA) is 81.5 Å². The Morgan fingerprint density at radius 3 is 2.63 bits per heavy atom. The number of carbonyl (C=O) groups excluding carboxylic acids is 1. The Morgan fingerprint density at radius 2 is 1.93 bits per heavy atom. The second kappa shape index (κ2) is 7.82. The molecule has 1 amide bonds. The van der Waals surface area contributed by atoms with Gasteiger partial charge in [-0.1, -0.05) is 38.1 Å². The van der Waals surface area contributed by atoms with Gasteiger partial charge in [0, 0.05) is 25.1 Å². The fourth-order valence-electron chi connectivity index (χ4n) is 3.90. The van der Waals surface area contributed by atoms with E-state index in [4.69, 9.17) is 4.42 Å². The van der Waals surface area contributed by atoms with Crippen LogP contribution in [0.2, 0.25) is 0 Å². The van der Waals surface area contributed by atoms with Gasteiger partial charge in [-0.15, -0.1) is 0 Å². The molecule has 3 heterocycles. The molecule has 0 aliphatic rings. The van der Waals surface area contributed by atoms with Gasteiger partial charge in [0.05, 0.1) is 5.52 Å². The molecule has 4 rings (SSSR count). The molecule has 156 valence electrons. The van der Waals surface area contributed by atoms with E-state index in [-0.39, 0.29) is 11.5 Å². The number of aryl methyl sites for hydroxylation is 3. The molecule has 1 aromatic carbocycles. The molecule has 0 saturated carbocycles. The Balaban J connectivity index is 1.72. The Morgan fingerprint density at radius 1 is 1.17 bits per heavy atom. The Labute approximate surface area is 174 Å². The van der Waals surface area contributed by atoms with Crippen molar-refractivity contribution in [1.82, 2.24) is 19.5 Å². The molecule has 1 atom stereocenters. The lowest BCUT2D eigenvalue weighted by atomic mass is 10.1. The van der Waals surface area contributed by atoms with Crippen molar-refractivity contribution in [3.63, 3.8) is 0 Å². The van der Waals surface area contributed by atoms with Crippen LogP contribution < -0.4 is 10.9 Å². The van der Waals surface area contributed by atoms with Crippen molar-refractivity contribution in [2.45, 2.75) is 53.1 Å². The maximum atomic E-state index is 13.2. The summed E-state index contributed by atoms with van der Waals surface area (Å²) in [7, 11) is 0. The molecule has 0 aliphatic carbocycles. The van der Waals surface area contributed by atoms with E-state index in [2.05, 4.69) is 10.4 Å². The van der Waals surface area contributed by atoms with Crippen molar-refractivity contribution < 1.29 is 9.21 Å². The molecule has 7 heteroatoms. The fourth-order valence-corrected chi connectivity index (χ4v) is 3.90. The van der Waals surface area contributed by atoms with E-state index in [0.717, 1.165) is 22.4 Å². The van der Waals surface area contributed by atoms with E-state index in [9.17, 15) is 9.59 Å². The predicted octanol–water partition coefficient (Wildman–Crippen LogP) is 3.69. The maximum absolute atomic E-state index is 13.2. The zero-order chi connectivity index (χ0) is 21.4. The van der Waals surface area contributed by atoms with Crippen molar-refractivity contribution in [3.8, 4) is 0 Å². The van der Waals surface area contributed by atoms with Crippen LogP contribution in [0.15, 0.2) is 45.6 Å². The number of nitrogens with one attached hydrogen (secondary N) is 1. The van der Waals surface area contributed by atoms with Gasteiger partial charge < -0.3 is 9.73 Å². The smallest absolute Gasteiger partial charge is 0.291 e. The number of amides is 1. The molecule has 0 radical (unpaired) electrons.